The molecular formula is C20H20N2O4. The lowest BCUT2D eigenvalue weighted by molar-refractivity contribution is -0.134. The van der Waals surface area contributed by atoms with Gasteiger partial charge in [0.1, 0.15) is 0 Å². The molecule has 0 unspecified atom stereocenters. The summed E-state index contributed by atoms with van der Waals surface area (Å²) in [4.78, 5) is 30.4. The third-order valence-corrected chi connectivity index (χ3v) is 4.40. The second kappa shape index (κ2) is 7.41. The number of carboxylic acids is 1. The van der Waals surface area contributed by atoms with Gasteiger partial charge in [-0.25, -0.2) is 4.79 Å². The first-order valence-corrected chi connectivity index (χ1v) is 8.26. The summed E-state index contributed by atoms with van der Waals surface area (Å²) in [6.45, 7) is 2.33. The first-order valence-electron chi connectivity index (χ1n) is 8.26. The van der Waals surface area contributed by atoms with Crippen molar-refractivity contribution in [1.29, 1.82) is 0 Å². The quantitative estimate of drug-likeness (QED) is 0.809. The lowest BCUT2D eigenvalue weighted by Gasteiger charge is -2.18. The van der Waals surface area contributed by atoms with Gasteiger partial charge < -0.3 is 10.0 Å². The number of aryl methyl sites for hydroxylation is 1. The highest BCUT2D eigenvalue weighted by atomic mass is 16.6. The molecule has 26 heavy (non-hydrogen) atoms. The summed E-state index contributed by atoms with van der Waals surface area (Å²) in [6, 6.07) is 15.2. The molecule has 1 amide bonds. The average Bonchev–Trinajstić information content (AvgIpc) is 3.06. The fraction of sp³-hybridized carbons (Fsp3) is 0.200. The maximum absolute atomic E-state index is 12.8. The largest absolute Gasteiger partial charge is 0.477 e. The van der Waals surface area contributed by atoms with Crippen LogP contribution in [0, 0.1) is 6.92 Å². The van der Waals surface area contributed by atoms with E-state index < -0.39 is 5.97 Å². The summed E-state index contributed by atoms with van der Waals surface area (Å²) in [5.74, 6) is -1.50. The van der Waals surface area contributed by atoms with E-state index in [0.29, 0.717) is 24.2 Å². The molecule has 0 fully saturated rings. The van der Waals surface area contributed by atoms with E-state index in [-0.39, 0.29) is 11.6 Å². The molecule has 1 heterocycles. The van der Waals surface area contributed by atoms with Crippen molar-refractivity contribution in [3.8, 4) is 11.1 Å². The van der Waals surface area contributed by atoms with Gasteiger partial charge in [0.2, 0.25) is 0 Å². The maximum atomic E-state index is 12.8. The standard InChI is InChI=1S/C20H20N2O4/c1-13-5-3-4-6-16(13)14-7-9-15(10-8-14)19(23)22-12-11-17(21-26-2)18(22)20(24)25/h3-10,21H,11-12H2,1-2H3,(H,24,25). The number of carboxylic acid groups (broad SMARTS) is 1. The summed E-state index contributed by atoms with van der Waals surface area (Å²) >= 11 is 0. The summed E-state index contributed by atoms with van der Waals surface area (Å²) in [6.07, 6.45) is 0.405. The highest BCUT2D eigenvalue weighted by molar-refractivity contribution is 6.01. The lowest BCUT2D eigenvalue weighted by atomic mass is 9.99. The number of nitrogens with zero attached hydrogens (tertiary/aromatic N) is 1. The Kier molecular flexibility index (Phi) is 5.04. The van der Waals surface area contributed by atoms with E-state index in [1.165, 1.54) is 12.0 Å². The molecule has 0 radical (unpaired) electrons. The molecule has 2 aromatic rings. The third-order valence-electron chi connectivity index (χ3n) is 4.40. The minimum atomic E-state index is -1.16. The number of carbonyl (C=O) groups is 2. The van der Waals surface area contributed by atoms with Gasteiger partial charge in [0.25, 0.3) is 5.91 Å². The van der Waals surface area contributed by atoms with Gasteiger partial charge in [0.05, 0.1) is 12.8 Å². The third kappa shape index (κ3) is 3.32. The predicted molar refractivity (Wildman–Crippen MR) is 97.1 cm³/mol. The van der Waals surface area contributed by atoms with Crippen LogP contribution in [0.2, 0.25) is 0 Å². The van der Waals surface area contributed by atoms with Gasteiger partial charge in [-0.1, -0.05) is 36.4 Å². The van der Waals surface area contributed by atoms with Crippen molar-refractivity contribution in [2.75, 3.05) is 13.7 Å². The molecule has 0 spiro atoms. The average molecular weight is 352 g/mol. The van der Waals surface area contributed by atoms with Crippen LogP contribution in [0.5, 0.6) is 0 Å². The normalized spacial score (nSPS) is 13.8. The number of nitrogens with one attached hydrogen (secondary N) is 1. The van der Waals surface area contributed by atoms with Gasteiger partial charge in [-0.2, -0.15) is 0 Å². The molecule has 0 bridgehead atoms. The Labute approximate surface area is 151 Å². The fourth-order valence-corrected chi connectivity index (χ4v) is 3.13. The molecule has 6 nitrogen and oxygen atoms in total. The summed E-state index contributed by atoms with van der Waals surface area (Å²) < 4.78 is 0. The number of amides is 1. The number of benzene rings is 2. The van der Waals surface area contributed by atoms with E-state index in [1.807, 2.05) is 43.3 Å². The van der Waals surface area contributed by atoms with Crippen molar-refractivity contribution in [3.63, 3.8) is 0 Å². The molecule has 2 N–H and O–H groups in total. The van der Waals surface area contributed by atoms with Crippen LogP contribution in [-0.2, 0) is 9.63 Å². The van der Waals surface area contributed by atoms with Crippen LogP contribution >= 0.6 is 0 Å². The van der Waals surface area contributed by atoms with Crippen LogP contribution in [0.1, 0.15) is 22.3 Å². The molecule has 3 rings (SSSR count). The van der Waals surface area contributed by atoms with Gasteiger partial charge in [-0.05, 0) is 35.7 Å². The number of rotatable bonds is 5. The number of hydrogen-bond donors (Lipinski definition) is 2. The van der Waals surface area contributed by atoms with Crippen molar-refractivity contribution in [3.05, 3.63) is 71.1 Å². The van der Waals surface area contributed by atoms with Crippen LogP contribution in [0.15, 0.2) is 59.9 Å². The van der Waals surface area contributed by atoms with Gasteiger partial charge >= 0.3 is 5.97 Å². The summed E-state index contributed by atoms with van der Waals surface area (Å²) in [5, 5.41) is 9.45. The second-order valence-corrected chi connectivity index (χ2v) is 6.04. The zero-order chi connectivity index (χ0) is 18.7. The zero-order valence-corrected chi connectivity index (χ0v) is 14.7. The lowest BCUT2D eigenvalue weighted by Crippen LogP contribution is -2.31. The SMILES string of the molecule is CONC1=C(C(=O)O)N(C(=O)c2ccc(-c3ccccc3C)cc2)CC1. The Hall–Kier alpha value is -3.12. The molecular weight excluding hydrogens is 332 g/mol. The van der Waals surface area contributed by atoms with E-state index in [1.54, 1.807) is 12.1 Å². The van der Waals surface area contributed by atoms with Gasteiger partial charge in [0, 0.05) is 18.5 Å². The molecule has 0 atom stereocenters. The van der Waals surface area contributed by atoms with Crippen molar-refractivity contribution < 1.29 is 19.5 Å². The predicted octanol–water partition coefficient (Wildman–Crippen LogP) is 2.96. The molecule has 2 aromatic carbocycles. The molecule has 6 heteroatoms. The smallest absolute Gasteiger partial charge is 0.354 e. The second-order valence-electron chi connectivity index (χ2n) is 6.04. The number of aliphatic carboxylic acids is 1. The maximum Gasteiger partial charge on any atom is 0.354 e. The van der Waals surface area contributed by atoms with E-state index in [4.69, 9.17) is 4.84 Å². The Morgan fingerprint density at radius 3 is 2.42 bits per heavy atom. The van der Waals surface area contributed by atoms with E-state index in [0.717, 1.165) is 16.7 Å². The van der Waals surface area contributed by atoms with Crippen molar-refractivity contribution >= 4 is 11.9 Å². The van der Waals surface area contributed by atoms with Gasteiger partial charge in [-0.15, -0.1) is 0 Å². The van der Waals surface area contributed by atoms with Gasteiger partial charge in [0.15, 0.2) is 5.70 Å². The number of hydroxylamine groups is 1. The minimum absolute atomic E-state index is 0.0696. The molecule has 1 aliphatic heterocycles. The van der Waals surface area contributed by atoms with Crippen LogP contribution in [-0.4, -0.2) is 35.5 Å². The topological polar surface area (TPSA) is 78.9 Å². The number of carbonyl (C=O) groups excluding carboxylic acids is 1. The van der Waals surface area contributed by atoms with Crippen molar-refractivity contribution in [1.82, 2.24) is 10.4 Å². The van der Waals surface area contributed by atoms with E-state index >= 15 is 0 Å². The highest BCUT2D eigenvalue weighted by Crippen LogP contribution is 2.26. The molecule has 0 saturated carbocycles. The Balaban J connectivity index is 1.87. The summed E-state index contributed by atoms with van der Waals surface area (Å²) in [7, 11) is 1.40. The van der Waals surface area contributed by atoms with Crippen LogP contribution in [0.4, 0.5) is 0 Å². The summed E-state index contributed by atoms with van der Waals surface area (Å²) in [5.41, 5.74) is 6.59. The van der Waals surface area contributed by atoms with E-state index in [9.17, 15) is 14.7 Å². The zero-order valence-electron chi connectivity index (χ0n) is 14.7. The first kappa shape index (κ1) is 17.7. The van der Waals surface area contributed by atoms with Crippen LogP contribution in [0.25, 0.3) is 11.1 Å². The van der Waals surface area contributed by atoms with E-state index in [2.05, 4.69) is 5.48 Å². The first-order chi connectivity index (χ1) is 12.5. The van der Waals surface area contributed by atoms with Crippen LogP contribution < -0.4 is 5.48 Å². The minimum Gasteiger partial charge on any atom is -0.477 e. The van der Waals surface area contributed by atoms with Crippen LogP contribution in [0.3, 0.4) is 0 Å². The number of hydrogen-bond acceptors (Lipinski definition) is 4. The Morgan fingerprint density at radius 2 is 1.81 bits per heavy atom. The highest BCUT2D eigenvalue weighted by Gasteiger charge is 2.33. The Bertz CT molecular complexity index is 872. The van der Waals surface area contributed by atoms with Gasteiger partial charge in [-0.3, -0.25) is 15.1 Å². The molecule has 134 valence electrons. The molecule has 0 aromatic heterocycles. The molecule has 1 aliphatic rings. The molecule has 0 aliphatic carbocycles. The fourth-order valence-electron chi connectivity index (χ4n) is 3.13. The molecule has 0 saturated heterocycles. The van der Waals surface area contributed by atoms with Crippen molar-refractivity contribution in [2.45, 2.75) is 13.3 Å². The monoisotopic (exact) mass is 352 g/mol. The van der Waals surface area contributed by atoms with Crippen molar-refractivity contribution in [2.24, 2.45) is 0 Å². The Morgan fingerprint density at radius 1 is 1.12 bits per heavy atom.